The molecule has 1 amide bonds. The first kappa shape index (κ1) is 17.0. The van der Waals surface area contributed by atoms with E-state index in [-0.39, 0.29) is 12.5 Å². The minimum Gasteiger partial charge on any atom is -0.485 e. The van der Waals surface area contributed by atoms with Gasteiger partial charge in [0, 0.05) is 29.1 Å². The number of rotatable bonds is 3. The normalized spacial score (nSPS) is 19.9. The summed E-state index contributed by atoms with van der Waals surface area (Å²) in [6.07, 6.45) is 2.77. The zero-order valence-electron chi connectivity index (χ0n) is 15.8. The van der Waals surface area contributed by atoms with Crippen molar-refractivity contribution in [2.45, 2.75) is 31.3 Å². The van der Waals surface area contributed by atoms with Crippen molar-refractivity contribution in [1.82, 2.24) is 4.98 Å². The van der Waals surface area contributed by atoms with E-state index >= 15 is 0 Å². The number of fused-ring (bicyclic) bond motifs is 2. The van der Waals surface area contributed by atoms with Crippen molar-refractivity contribution in [3.05, 3.63) is 58.4 Å². The van der Waals surface area contributed by atoms with Crippen LogP contribution in [0.15, 0.2) is 47.8 Å². The Bertz CT molecular complexity index is 1110. The Labute approximate surface area is 172 Å². The lowest BCUT2D eigenvalue weighted by Crippen LogP contribution is -2.46. The molecule has 0 N–H and O–H groups in total. The van der Waals surface area contributed by atoms with Crippen molar-refractivity contribution in [2.24, 2.45) is 0 Å². The van der Waals surface area contributed by atoms with Gasteiger partial charge in [0.1, 0.15) is 6.61 Å². The average molecular weight is 404 g/mol. The fourth-order valence-electron chi connectivity index (χ4n) is 4.04. The van der Waals surface area contributed by atoms with Crippen LogP contribution in [0.5, 0.6) is 11.5 Å². The number of anilines is 1. The van der Waals surface area contributed by atoms with Crippen molar-refractivity contribution >= 4 is 22.9 Å². The van der Waals surface area contributed by atoms with Crippen LogP contribution in [0.25, 0.3) is 11.3 Å². The zero-order valence-corrected chi connectivity index (χ0v) is 16.7. The standard InChI is InChI=1S/C23H20N2O3S/c26-23(21-12-27-19-3-1-2-4-20(19)28-21)25-10-9-16-11-15(7-8-18(16)25)17-13-29-22(24-17)14-5-6-14/h1-4,7-8,11,13-14,21H,5-6,9-10,12H2/t21-/m0/s1. The number of hydrogen-bond donors (Lipinski definition) is 0. The molecule has 6 rings (SSSR count). The lowest BCUT2D eigenvalue weighted by atomic mass is 10.1. The molecule has 29 heavy (non-hydrogen) atoms. The van der Waals surface area contributed by atoms with E-state index in [1.165, 1.54) is 23.4 Å². The summed E-state index contributed by atoms with van der Waals surface area (Å²) in [7, 11) is 0. The lowest BCUT2D eigenvalue weighted by Gasteiger charge is -2.29. The van der Waals surface area contributed by atoms with Crippen LogP contribution in [0.3, 0.4) is 0 Å². The Morgan fingerprint density at radius 2 is 2.00 bits per heavy atom. The van der Waals surface area contributed by atoms with Gasteiger partial charge in [0.25, 0.3) is 5.91 Å². The molecule has 1 fully saturated rings. The van der Waals surface area contributed by atoms with Gasteiger partial charge in [0.05, 0.1) is 10.7 Å². The molecule has 3 aliphatic rings. The van der Waals surface area contributed by atoms with E-state index in [1.807, 2.05) is 35.2 Å². The van der Waals surface area contributed by atoms with E-state index in [0.717, 1.165) is 23.4 Å². The summed E-state index contributed by atoms with van der Waals surface area (Å²) in [6.45, 7) is 0.909. The molecule has 0 bridgehead atoms. The minimum absolute atomic E-state index is 0.0457. The summed E-state index contributed by atoms with van der Waals surface area (Å²) in [5.74, 6) is 1.95. The Morgan fingerprint density at radius 1 is 1.14 bits per heavy atom. The van der Waals surface area contributed by atoms with Crippen LogP contribution in [-0.2, 0) is 11.2 Å². The lowest BCUT2D eigenvalue weighted by molar-refractivity contribution is -0.127. The Balaban J connectivity index is 1.23. The SMILES string of the molecule is O=C([C@@H]1COc2ccccc2O1)N1CCc2cc(-c3csc(C4CC4)n3)ccc21. The molecular weight excluding hydrogens is 384 g/mol. The molecule has 0 radical (unpaired) electrons. The maximum absolute atomic E-state index is 13.1. The van der Waals surface area contributed by atoms with E-state index in [1.54, 1.807) is 11.3 Å². The fraction of sp³-hybridized carbons (Fsp3) is 0.304. The third-order valence-corrected chi connectivity index (χ3v) is 6.78. The molecule has 2 aromatic carbocycles. The first-order valence-electron chi connectivity index (χ1n) is 10.0. The first-order chi connectivity index (χ1) is 14.3. The summed E-state index contributed by atoms with van der Waals surface area (Å²) in [5.41, 5.74) is 4.34. The quantitative estimate of drug-likeness (QED) is 0.649. The minimum atomic E-state index is -0.616. The highest BCUT2D eigenvalue weighted by molar-refractivity contribution is 7.10. The molecule has 0 saturated heterocycles. The van der Waals surface area contributed by atoms with Gasteiger partial charge in [-0.3, -0.25) is 4.79 Å². The van der Waals surface area contributed by atoms with E-state index < -0.39 is 6.10 Å². The van der Waals surface area contributed by atoms with Crippen LogP contribution < -0.4 is 14.4 Å². The maximum atomic E-state index is 13.1. The van der Waals surface area contributed by atoms with Gasteiger partial charge < -0.3 is 14.4 Å². The monoisotopic (exact) mass is 404 g/mol. The predicted molar refractivity (Wildman–Crippen MR) is 112 cm³/mol. The van der Waals surface area contributed by atoms with E-state index in [4.69, 9.17) is 14.5 Å². The molecule has 1 aliphatic carbocycles. The fourth-order valence-corrected chi connectivity index (χ4v) is 5.04. The number of amides is 1. The predicted octanol–water partition coefficient (Wildman–Crippen LogP) is 4.42. The molecule has 5 nitrogen and oxygen atoms in total. The Morgan fingerprint density at radius 3 is 2.86 bits per heavy atom. The molecule has 2 aliphatic heterocycles. The van der Waals surface area contributed by atoms with Crippen LogP contribution in [0.4, 0.5) is 5.69 Å². The molecule has 1 saturated carbocycles. The second-order valence-electron chi connectivity index (χ2n) is 7.79. The number of thiazole rings is 1. The van der Waals surface area contributed by atoms with Crippen molar-refractivity contribution in [3.63, 3.8) is 0 Å². The van der Waals surface area contributed by atoms with Crippen LogP contribution in [0, 0.1) is 0 Å². The Kier molecular flexibility index (Phi) is 3.87. The summed E-state index contributed by atoms with van der Waals surface area (Å²) < 4.78 is 11.6. The molecule has 1 aromatic heterocycles. The summed E-state index contributed by atoms with van der Waals surface area (Å²) in [6, 6.07) is 13.8. The van der Waals surface area contributed by atoms with Crippen molar-refractivity contribution in [3.8, 4) is 22.8 Å². The molecule has 146 valence electrons. The Hall–Kier alpha value is -2.86. The average Bonchev–Trinajstić information content (AvgIpc) is 3.34. The van der Waals surface area contributed by atoms with Gasteiger partial charge in [0.15, 0.2) is 11.5 Å². The van der Waals surface area contributed by atoms with Gasteiger partial charge in [0.2, 0.25) is 6.10 Å². The summed E-state index contributed by atoms with van der Waals surface area (Å²) in [4.78, 5) is 19.8. The van der Waals surface area contributed by atoms with E-state index in [0.29, 0.717) is 24.0 Å². The van der Waals surface area contributed by atoms with Crippen LogP contribution in [-0.4, -0.2) is 30.1 Å². The highest BCUT2D eigenvalue weighted by Gasteiger charge is 2.35. The van der Waals surface area contributed by atoms with Crippen LogP contribution >= 0.6 is 11.3 Å². The topological polar surface area (TPSA) is 51.7 Å². The molecule has 6 heteroatoms. The van der Waals surface area contributed by atoms with Gasteiger partial charge in [-0.05, 0) is 49.1 Å². The number of para-hydroxylation sites is 2. The van der Waals surface area contributed by atoms with E-state index in [2.05, 4.69) is 17.5 Å². The number of carbonyl (C=O) groups excluding carboxylic acids is 1. The highest BCUT2D eigenvalue weighted by Crippen LogP contribution is 2.43. The van der Waals surface area contributed by atoms with Gasteiger partial charge in [-0.1, -0.05) is 18.2 Å². The molecular formula is C23H20N2O3S. The third kappa shape index (κ3) is 2.99. The van der Waals surface area contributed by atoms with Gasteiger partial charge in [-0.15, -0.1) is 11.3 Å². The molecule has 1 atom stereocenters. The maximum Gasteiger partial charge on any atom is 0.271 e. The zero-order chi connectivity index (χ0) is 19.4. The van der Waals surface area contributed by atoms with Crippen LogP contribution in [0.1, 0.15) is 29.3 Å². The largest absolute Gasteiger partial charge is 0.485 e. The highest BCUT2D eigenvalue weighted by atomic mass is 32.1. The number of ether oxygens (including phenoxy) is 2. The second-order valence-corrected chi connectivity index (χ2v) is 8.68. The molecule has 3 heterocycles. The smallest absolute Gasteiger partial charge is 0.271 e. The van der Waals surface area contributed by atoms with Crippen molar-refractivity contribution in [2.75, 3.05) is 18.1 Å². The molecule has 0 spiro atoms. The second kappa shape index (κ2) is 6.59. The van der Waals surface area contributed by atoms with Crippen LogP contribution in [0.2, 0.25) is 0 Å². The number of carbonyl (C=O) groups is 1. The summed E-state index contributed by atoms with van der Waals surface area (Å²) in [5, 5.41) is 3.41. The number of nitrogens with zero attached hydrogens (tertiary/aromatic N) is 2. The van der Waals surface area contributed by atoms with Crippen molar-refractivity contribution < 1.29 is 14.3 Å². The van der Waals surface area contributed by atoms with Gasteiger partial charge in [-0.25, -0.2) is 4.98 Å². The number of aromatic nitrogens is 1. The first-order valence-corrected chi connectivity index (χ1v) is 10.9. The van der Waals surface area contributed by atoms with E-state index in [9.17, 15) is 4.79 Å². The number of benzene rings is 2. The van der Waals surface area contributed by atoms with Gasteiger partial charge >= 0.3 is 0 Å². The van der Waals surface area contributed by atoms with Gasteiger partial charge in [-0.2, -0.15) is 0 Å². The molecule has 3 aromatic rings. The molecule has 0 unspecified atom stereocenters. The summed E-state index contributed by atoms with van der Waals surface area (Å²) >= 11 is 1.76. The number of hydrogen-bond acceptors (Lipinski definition) is 5. The van der Waals surface area contributed by atoms with Crippen molar-refractivity contribution in [1.29, 1.82) is 0 Å². The third-order valence-electron chi connectivity index (χ3n) is 5.77.